The largest absolute Gasteiger partial charge is 0.321 e. The number of halogens is 1. The lowest BCUT2D eigenvalue weighted by Gasteiger charge is -2.06. The van der Waals surface area contributed by atoms with Gasteiger partial charge in [0.25, 0.3) is 11.5 Å². The number of hydrogen-bond acceptors (Lipinski definition) is 5. The number of amides is 1. The summed E-state index contributed by atoms with van der Waals surface area (Å²) >= 11 is 2.80. The van der Waals surface area contributed by atoms with Gasteiger partial charge < -0.3 is 10.3 Å². The molecule has 0 spiro atoms. The lowest BCUT2D eigenvalue weighted by molar-refractivity contribution is 0.103. The van der Waals surface area contributed by atoms with E-state index in [1.54, 1.807) is 18.7 Å². The number of nitrogens with zero attached hydrogens (tertiary/aromatic N) is 1. The van der Waals surface area contributed by atoms with Gasteiger partial charge in [-0.3, -0.25) is 9.59 Å². The zero-order valence-corrected chi connectivity index (χ0v) is 18.8. The highest BCUT2D eigenvalue weighted by Gasteiger charge is 2.19. The van der Waals surface area contributed by atoms with Crippen molar-refractivity contribution < 1.29 is 9.18 Å². The van der Waals surface area contributed by atoms with Gasteiger partial charge in [0.05, 0.1) is 16.0 Å². The minimum Gasteiger partial charge on any atom is -0.321 e. The Morgan fingerprint density at radius 1 is 1.16 bits per heavy atom. The first kappa shape index (κ1) is 21.3. The highest BCUT2D eigenvalue weighted by atomic mass is 32.2. The maximum atomic E-state index is 13.1. The van der Waals surface area contributed by atoms with E-state index in [1.165, 1.54) is 46.7 Å². The summed E-state index contributed by atoms with van der Waals surface area (Å²) in [4.78, 5) is 35.0. The first-order valence-corrected chi connectivity index (χ1v) is 11.4. The molecule has 0 aliphatic carbocycles. The molecular weight excluding hydrogens is 433 g/mol. The Bertz CT molecular complexity index is 1340. The fourth-order valence-corrected chi connectivity index (χ4v) is 5.29. The third-order valence-electron chi connectivity index (χ3n) is 4.87. The zero-order chi connectivity index (χ0) is 22.1. The van der Waals surface area contributed by atoms with Gasteiger partial charge in [-0.15, -0.1) is 23.1 Å². The van der Waals surface area contributed by atoms with Crippen molar-refractivity contribution in [2.45, 2.75) is 31.4 Å². The molecule has 5 nitrogen and oxygen atoms in total. The lowest BCUT2D eigenvalue weighted by atomic mass is 10.2. The first-order chi connectivity index (χ1) is 14.8. The van der Waals surface area contributed by atoms with Crippen LogP contribution in [-0.4, -0.2) is 15.9 Å². The Morgan fingerprint density at radius 2 is 1.90 bits per heavy atom. The fourth-order valence-electron chi connectivity index (χ4n) is 3.20. The van der Waals surface area contributed by atoms with Crippen LogP contribution in [0.5, 0.6) is 0 Å². The van der Waals surface area contributed by atoms with Crippen LogP contribution in [0.15, 0.2) is 52.2 Å². The number of anilines is 1. The van der Waals surface area contributed by atoms with Crippen molar-refractivity contribution >= 4 is 44.9 Å². The molecule has 0 saturated carbocycles. The predicted octanol–water partition coefficient (Wildman–Crippen LogP) is 5.59. The van der Waals surface area contributed by atoms with Gasteiger partial charge in [-0.25, -0.2) is 9.37 Å². The number of rotatable bonds is 5. The zero-order valence-electron chi connectivity index (χ0n) is 17.2. The highest BCUT2D eigenvalue weighted by molar-refractivity contribution is 7.98. The van der Waals surface area contributed by atoms with Gasteiger partial charge >= 0.3 is 0 Å². The third-order valence-corrected chi connectivity index (χ3v) is 7.22. The second-order valence-electron chi connectivity index (χ2n) is 7.27. The molecule has 0 unspecified atom stereocenters. The van der Waals surface area contributed by atoms with Crippen LogP contribution in [0.1, 0.15) is 32.2 Å². The molecule has 2 aromatic carbocycles. The molecule has 2 aromatic heterocycles. The molecule has 0 saturated heterocycles. The molecule has 1 amide bonds. The Morgan fingerprint density at radius 3 is 2.65 bits per heavy atom. The highest BCUT2D eigenvalue weighted by Crippen LogP contribution is 2.30. The molecule has 2 N–H and O–H groups in total. The Hall–Kier alpha value is -2.97. The molecular formula is C23H20FN3O2S2. The molecule has 31 heavy (non-hydrogen) atoms. The van der Waals surface area contributed by atoms with Crippen LogP contribution in [0.3, 0.4) is 0 Å². The number of carbonyl (C=O) groups excluding carboxylic acids is 1. The second-order valence-corrected chi connectivity index (χ2v) is 9.28. The van der Waals surface area contributed by atoms with Gasteiger partial charge in [0.1, 0.15) is 16.5 Å². The van der Waals surface area contributed by atoms with Crippen molar-refractivity contribution in [3.8, 4) is 0 Å². The quantitative estimate of drug-likeness (QED) is 0.386. The molecule has 0 fully saturated rings. The minimum absolute atomic E-state index is 0.254. The fraction of sp³-hybridized carbons (Fsp3) is 0.174. The number of fused-ring (bicyclic) bond motifs is 1. The smallest absolute Gasteiger partial charge is 0.266 e. The minimum atomic E-state index is -0.377. The second kappa shape index (κ2) is 8.64. The van der Waals surface area contributed by atoms with Crippen molar-refractivity contribution in [3.05, 3.63) is 86.0 Å². The molecule has 0 aliphatic heterocycles. The van der Waals surface area contributed by atoms with Crippen molar-refractivity contribution in [2.75, 3.05) is 5.32 Å². The summed E-state index contributed by atoms with van der Waals surface area (Å²) in [5.41, 5.74) is 3.16. The molecule has 158 valence electrons. The van der Waals surface area contributed by atoms with Crippen LogP contribution in [0.25, 0.3) is 10.2 Å². The summed E-state index contributed by atoms with van der Waals surface area (Å²) in [6.07, 6.45) is 0. The van der Waals surface area contributed by atoms with Crippen LogP contribution in [0.2, 0.25) is 0 Å². The van der Waals surface area contributed by atoms with E-state index in [2.05, 4.69) is 40.4 Å². The number of thioether (sulfide) groups is 1. The number of hydrogen-bond donors (Lipinski definition) is 2. The van der Waals surface area contributed by atoms with Crippen molar-refractivity contribution in [3.63, 3.8) is 0 Å². The van der Waals surface area contributed by atoms with Crippen molar-refractivity contribution in [1.29, 1.82) is 0 Å². The van der Waals surface area contributed by atoms with Gasteiger partial charge in [0.2, 0.25) is 0 Å². The summed E-state index contributed by atoms with van der Waals surface area (Å²) in [6, 6.07) is 11.8. The number of aromatic nitrogens is 2. The Kier molecular flexibility index (Phi) is 5.93. The summed E-state index contributed by atoms with van der Waals surface area (Å²) in [5, 5.41) is 3.17. The molecule has 0 bridgehead atoms. The van der Waals surface area contributed by atoms with E-state index < -0.39 is 0 Å². The molecule has 4 rings (SSSR count). The maximum Gasteiger partial charge on any atom is 0.266 e. The number of nitrogens with one attached hydrogen (secondary N) is 2. The Balaban J connectivity index is 1.60. The lowest BCUT2D eigenvalue weighted by Crippen LogP contribution is -2.13. The topological polar surface area (TPSA) is 74.8 Å². The van der Waals surface area contributed by atoms with E-state index in [1.807, 2.05) is 6.92 Å². The SMILES string of the molecule is Cc1ccc(C)c(SCc2nc3sc(C(=O)Nc4ccc(F)cc4)c(C)c3c(=O)[nH]2)c1. The van der Waals surface area contributed by atoms with E-state index >= 15 is 0 Å². The van der Waals surface area contributed by atoms with Crippen LogP contribution in [0, 0.1) is 26.6 Å². The number of H-pyrrole nitrogens is 1. The summed E-state index contributed by atoms with van der Waals surface area (Å²) in [6.45, 7) is 5.83. The predicted molar refractivity (Wildman–Crippen MR) is 125 cm³/mol. The van der Waals surface area contributed by atoms with Gasteiger partial charge in [0.15, 0.2) is 0 Å². The van der Waals surface area contributed by atoms with Crippen LogP contribution in [-0.2, 0) is 5.75 Å². The molecule has 2 heterocycles. The van der Waals surface area contributed by atoms with E-state index in [0.717, 1.165) is 4.90 Å². The van der Waals surface area contributed by atoms with Gasteiger partial charge in [0, 0.05) is 10.6 Å². The summed E-state index contributed by atoms with van der Waals surface area (Å²) < 4.78 is 13.1. The number of aromatic amines is 1. The monoisotopic (exact) mass is 453 g/mol. The summed E-state index contributed by atoms with van der Waals surface area (Å²) in [7, 11) is 0. The summed E-state index contributed by atoms with van der Waals surface area (Å²) in [5.74, 6) is 0.356. The molecule has 0 atom stereocenters. The Labute approximate surface area is 186 Å². The number of thiophene rings is 1. The van der Waals surface area contributed by atoms with Crippen molar-refractivity contribution in [1.82, 2.24) is 9.97 Å². The van der Waals surface area contributed by atoms with E-state index in [4.69, 9.17) is 0 Å². The molecule has 0 radical (unpaired) electrons. The van der Waals surface area contributed by atoms with E-state index in [0.29, 0.717) is 37.9 Å². The number of benzene rings is 2. The third kappa shape index (κ3) is 4.55. The van der Waals surface area contributed by atoms with Gasteiger partial charge in [-0.05, 0) is 62.2 Å². The van der Waals surface area contributed by atoms with Crippen LogP contribution >= 0.6 is 23.1 Å². The van der Waals surface area contributed by atoms with E-state index in [9.17, 15) is 14.0 Å². The average molecular weight is 454 g/mol. The molecule has 8 heteroatoms. The molecule has 4 aromatic rings. The first-order valence-electron chi connectivity index (χ1n) is 9.61. The normalized spacial score (nSPS) is 11.1. The maximum absolute atomic E-state index is 13.1. The number of carbonyl (C=O) groups is 1. The number of aryl methyl sites for hydroxylation is 3. The standard InChI is InChI=1S/C23H20FN3O2S2/c1-12-4-5-13(2)17(10-12)30-11-18-26-21(28)19-14(3)20(31-23(19)27-18)22(29)25-16-8-6-15(24)7-9-16/h4-10H,11H2,1-3H3,(H,25,29)(H,26,27,28). The van der Waals surface area contributed by atoms with E-state index in [-0.39, 0.29) is 17.3 Å². The molecule has 0 aliphatic rings. The van der Waals surface area contributed by atoms with Gasteiger partial charge in [-0.2, -0.15) is 0 Å². The average Bonchev–Trinajstić information content (AvgIpc) is 3.07. The van der Waals surface area contributed by atoms with Gasteiger partial charge in [-0.1, -0.05) is 17.7 Å². The van der Waals surface area contributed by atoms with Crippen LogP contribution < -0.4 is 10.9 Å². The van der Waals surface area contributed by atoms with Crippen molar-refractivity contribution in [2.24, 2.45) is 0 Å². The van der Waals surface area contributed by atoms with Crippen LogP contribution in [0.4, 0.5) is 10.1 Å².